The topological polar surface area (TPSA) is 87.4 Å². The molecule has 7 nitrogen and oxygen atoms in total. The van der Waals surface area contributed by atoms with Crippen molar-refractivity contribution < 1.29 is 42.0 Å². The molecule has 2 bridgehead atoms. The third kappa shape index (κ3) is 2.33. The largest absolute Gasteiger partial charge is 0.495 e. The Labute approximate surface area is 162 Å². The van der Waals surface area contributed by atoms with Crippen molar-refractivity contribution in [2.24, 2.45) is 0 Å². The van der Waals surface area contributed by atoms with Crippen LogP contribution in [0.5, 0.6) is 17.2 Å². The SMILES string of the molecule is CCOC(=O)[C@@H]1S[C@]2(C(F)F)C[C@@]1(O)c1c(c(OC)c3occc3c1OC)O2. The van der Waals surface area contributed by atoms with Crippen LogP contribution < -0.4 is 14.2 Å². The molecule has 2 aliphatic rings. The fourth-order valence-corrected chi connectivity index (χ4v) is 5.40. The molecular weight excluding hydrogens is 398 g/mol. The lowest BCUT2D eigenvalue weighted by molar-refractivity contribution is -0.150. The molecule has 0 unspecified atom stereocenters. The van der Waals surface area contributed by atoms with E-state index in [9.17, 15) is 18.7 Å². The van der Waals surface area contributed by atoms with Gasteiger partial charge in [-0.15, -0.1) is 0 Å². The van der Waals surface area contributed by atoms with Crippen molar-refractivity contribution in [2.75, 3.05) is 20.8 Å². The van der Waals surface area contributed by atoms with Crippen LogP contribution in [0.4, 0.5) is 8.78 Å². The van der Waals surface area contributed by atoms with Crippen LogP contribution in [0.1, 0.15) is 18.9 Å². The van der Waals surface area contributed by atoms with Crippen LogP contribution in [0.3, 0.4) is 0 Å². The van der Waals surface area contributed by atoms with Crippen molar-refractivity contribution in [3.05, 3.63) is 17.9 Å². The number of thioether (sulfide) groups is 1. The van der Waals surface area contributed by atoms with Gasteiger partial charge in [-0.2, -0.15) is 0 Å². The highest BCUT2D eigenvalue weighted by molar-refractivity contribution is 8.02. The average Bonchev–Trinajstić information content (AvgIpc) is 3.22. The Bertz CT molecular complexity index is 946. The van der Waals surface area contributed by atoms with Gasteiger partial charge in [0.05, 0.1) is 38.0 Å². The van der Waals surface area contributed by atoms with Gasteiger partial charge in [0, 0.05) is 6.42 Å². The van der Waals surface area contributed by atoms with E-state index in [1.165, 1.54) is 20.5 Å². The molecule has 4 rings (SSSR count). The Kier molecular flexibility index (Phi) is 4.38. The number of aliphatic hydroxyl groups is 1. The molecule has 0 spiro atoms. The number of halogens is 2. The van der Waals surface area contributed by atoms with E-state index in [0.29, 0.717) is 17.1 Å². The van der Waals surface area contributed by atoms with Gasteiger partial charge in [0.25, 0.3) is 6.43 Å². The molecule has 3 heterocycles. The minimum absolute atomic E-state index is 0.0442. The predicted molar refractivity (Wildman–Crippen MR) is 95.2 cm³/mol. The highest BCUT2D eigenvalue weighted by Gasteiger charge is 2.69. The van der Waals surface area contributed by atoms with Gasteiger partial charge in [0.2, 0.25) is 10.7 Å². The lowest BCUT2D eigenvalue weighted by atomic mass is 9.81. The summed E-state index contributed by atoms with van der Waals surface area (Å²) in [5.74, 6) is -0.719. The summed E-state index contributed by atoms with van der Waals surface area (Å²) in [6.07, 6.45) is -2.12. The zero-order valence-electron chi connectivity index (χ0n) is 15.3. The van der Waals surface area contributed by atoms with E-state index < -0.39 is 34.6 Å². The Balaban J connectivity index is 2.05. The molecule has 1 saturated heterocycles. The summed E-state index contributed by atoms with van der Waals surface area (Å²) in [5.41, 5.74) is -1.71. The van der Waals surface area contributed by atoms with Gasteiger partial charge < -0.3 is 28.5 Å². The molecule has 1 N–H and O–H groups in total. The van der Waals surface area contributed by atoms with Gasteiger partial charge in [-0.05, 0) is 13.0 Å². The molecule has 2 aromatic rings. The number of carbonyl (C=O) groups excluding carboxylic acids is 1. The third-order valence-electron chi connectivity index (χ3n) is 4.99. The van der Waals surface area contributed by atoms with Crippen molar-refractivity contribution in [1.29, 1.82) is 0 Å². The molecule has 1 aromatic heterocycles. The van der Waals surface area contributed by atoms with E-state index in [1.807, 2.05) is 0 Å². The lowest BCUT2D eigenvalue weighted by Gasteiger charge is -2.38. The van der Waals surface area contributed by atoms with Crippen LogP contribution in [-0.4, -0.2) is 48.5 Å². The van der Waals surface area contributed by atoms with E-state index >= 15 is 0 Å². The number of fused-ring (bicyclic) bond motifs is 5. The molecule has 0 radical (unpaired) electrons. The molecule has 1 fully saturated rings. The molecule has 28 heavy (non-hydrogen) atoms. The van der Waals surface area contributed by atoms with Crippen molar-refractivity contribution in [3.8, 4) is 17.2 Å². The quantitative estimate of drug-likeness (QED) is 0.745. The maximum absolute atomic E-state index is 14.1. The summed E-state index contributed by atoms with van der Waals surface area (Å²) < 4.78 is 55.1. The normalized spacial score (nSPS) is 28.2. The highest BCUT2D eigenvalue weighted by atomic mass is 32.2. The summed E-state index contributed by atoms with van der Waals surface area (Å²) in [6, 6.07) is 1.59. The molecule has 0 aliphatic carbocycles. The summed E-state index contributed by atoms with van der Waals surface area (Å²) >= 11 is 0.549. The number of methoxy groups -OCH3 is 2. The molecule has 152 valence electrons. The zero-order valence-corrected chi connectivity index (χ0v) is 16.1. The predicted octanol–water partition coefficient (Wildman–Crippen LogP) is 3.06. The van der Waals surface area contributed by atoms with Gasteiger partial charge in [0.15, 0.2) is 11.3 Å². The maximum atomic E-state index is 14.1. The molecule has 0 amide bonds. The van der Waals surface area contributed by atoms with Crippen LogP contribution in [-0.2, 0) is 15.1 Å². The van der Waals surface area contributed by atoms with Crippen LogP contribution in [0.25, 0.3) is 11.0 Å². The van der Waals surface area contributed by atoms with E-state index in [1.54, 1.807) is 13.0 Å². The van der Waals surface area contributed by atoms with Gasteiger partial charge in [-0.25, -0.2) is 8.78 Å². The van der Waals surface area contributed by atoms with Crippen molar-refractivity contribution in [3.63, 3.8) is 0 Å². The standard InChI is InChI=1S/C18H18F2O7S/c1-4-25-15(21)14-17(22)7-18(28-14,16(19)20)27-12-9(17)10(23-2)8-5-6-26-11(8)13(12)24-3/h5-6,14,16,22H,4,7H2,1-3H3/t14-,17+,18-/m0/s1. The Morgan fingerprint density at radius 1 is 1.39 bits per heavy atom. The summed E-state index contributed by atoms with van der Waals surface area (Å²) in [4.78, 5) is 10.4. The highest BCUT2D eigenvalue weighted by Crippen LogP contribution is 2.66. The van der Waals surface area contributed by atoms with Gasteiger partial charge >= 0.3 is 5.97 Å². The zero-order chi connectivity index (χ0) is 20.3. The summed E-state index contributed by atoms with van der Waals surface area (Å²) in [5, 5.41) is 10.7. The van der Waals surface area contributed by atoms with Crippen LogP contribution in [0.2, 0.25) is 0 Å². The second-order valence-corrected chi connectivity index (χ2v) is 7.90. The smallest absolute Gasteiger partial charge is 0.322 e. The molecule has 0 saturated carbocycles. The number of alkyl halides is 2. The van der Waals surface area contributed by atoms with E-state index in [2.05, 4.69) is 0 Å². The number of rotatable bonds is 5. The molecule has 10 heteroatoms. The Morgan fingerprint density at radius 3 is 2.71 bits per heavy atom. The number of benzene rings is 1. The fraction of sp³-hybridized carbons (Fsp3) is 0.500. The maximum Gasteiger partial charge on any atom is 0.322 e. The number of esters is 1. The minimum atomic E-state index is -2.99. The van der Waals surface area contributed by atoms with Crippen molar-refractivity contribution >= 4 is 28.7 Å². The number of hydrogen-bond donors (Lipinski definition) is 1. The van der Waals surface area contributed by atoms with E-state index in [4.69, 9.17) is 23.4 Å². The van der Waals surface area contributed by atoms with Gasteiger partial charge in [-0.1, -0.05) is 11.8 Å². The van der Waals surface area contributed by atoms with Gasteiger partial charge in [-0.3, -0.25) is 4.79 Å². The number of hydrogen-bond acceptors (Lipinski definition) is 8. The van der Waals surface area contributed by atoms with Crippen molar-refractivity contribution in [1.82, 2.24) is 0 Å². The Hall–Kier alpha value is -2.20. The van der Waals surface area contributed by atoms with Crippen LogP contribution in [0, 0.1) is 0 Å². The van der Waals surface area contributed by atoms with Gasteiger partial charge in [0.1, 0.15) is 16.6 Å². The first kappa shape index (κ1) is 19.1. The summed E-state index contributed by atoms with van der Waals surface area (Å²) in [6.45, 7) is 1.64. The first-order valence-electron chi connectivity index (χ1n) is 8.52. The van der Waals surface area contributed by atoms with E-state index in [0.717, 1.165) is 0 Å². The first-order valence-corrected chi connectivity index (χ1v) is 9.40. The van der Waals surface area contributed by atoms with Crippen molar-refractivity contribution in [2.45, 2.75) is 35.6 Å². The molecule has 3 atom stereocenters. The van der Waals surface area contributed by atoms with Crippen LogP contribution in [0.15, 0.2) is 16.7 Å². The second-order valence-electron chi connectivity index (χ2n) is 6.50. The van der Waals surface area contributed by atoms with Crippen LogP contribution >= 0.6 is 11.8 Å². The fourth-order valence-electron chi connectivity index (χ4n) is 3.90. The van der Waals surface area contributed by atoms with E-state index in [-0.39, 0.29) is 35.0 Å². The third-order valence-corrected chi connectivity index (χ3v) is 6.62. The monoisotopic (exact) mass is 416 g/mol. The second kappa shape index (κ2) is 6.41. The number of carbonyl (C=O) groups is 1. The first-order chi connectivity index (χ1) is 13.3. The Morgan fingerprint density at radius 2 is 2.11 bits per heavy atom. The minimum Gasteiger partial charge on any atom is -0.495 e. The molecular formula is C18H18F2O7S. The summed E-state index contributed by atoms with van der Waals surface area (Å²) in [7, 11) is 2.70. The number of furan rings is 1. The molecule has 2 aliphatic heterocycles. The number of ether oxygens (including phenoxy) is 4. The molecule has 1 aromatic carbocycles. The lowest BCUT2D eigenvalue weighted by Crippen LogP contribution is -2.46. The average molecular weight is 416 g/mol.